The zero-order valence-corrected chi connectivity index (χ0v) is 16.9. The minimum absolute atomic E-state index is 0.0532. The Morgan fingerprint density at radius 3 is 1.81 bits per heavy atom. The Hall–Kier alpha value is -3.17. The van der Waals surface area contributed by atoms with Gasteiger partial charge in [0.2, 0.25) is 0 Å². The molecule has 3 aromatic carbocycles. The summed E-state index contributed by atoms with van der Waals surface area (Å²) >= 11 is 11.9. The van der Waals surface area contributed by atoms with Crippen molar-refractivity contribution < 1.29 is 36.3 Å². The highest BCUT2D eigenvalue weighted by Gasteiger charge is 2.39. The number of ether oxygens (including phenoxy) is 1. The molecule has 164 valence electrons. The molecule has 1 heterocycles. The lowest BCUT2D eigenvalue weighted by molar-refractivity contribution is -0.138. The van der Waals surface area contributed by atoms with Crippen LogP contribution in [0.1, 0.15) is 26.3 Å². The Balaban J connectivity index is 1.82. The predicted molar refractivity (Wildman–Crippen MR) is 105 cm³/mol. The van der Waals surface area contributed by atoms with Gasteiger partial charge in [-0.05, 0) is 30.3 Å². The van der Waals surface area contributed by atoms with Crippen LogP contribution in [0.2, 0.25) is 10.0 Å². The van der Waals surface area contributed by atoms with E-state index in [4.69, 9.17) is 27.9 Å². The second-order valence-electron chi connectivity index (χ2n) is 6.59. The Morgan fingerprint density at radius 1 is 0.812 bits per heavy atom. The molecule has 0 radical (unpaired) electrons. The first-order valence-corrected chi connectivity index (χ1v) is 9.45. The Morgan fingerprint density at radius 2 is 1.31 bits per heavy atom. The van der Waals surface area contributed by atoms with Crippen LogP contribution in [0.15, 0.2) is 48.5 Å². The van der Waals surface area contributed by atoms with E-state index in [0.717, 1.165) is 12.1 Å². The average molecular weight is 488 g/mol. The molecule has 0 saturated carbocycles. The van der Waals surface area contributed by atoms with Crippen molar-refractivity contribution in [3.05, 3.63) is 86.9 Å². The summed E-state index contributed by atoms with van der Waals surface area (Å²) in [6, 6.07) is 8.04. The smallest absolute Gasteiger partial charge is 0.416 e. The summed E-state index contributed by atoms with van der Waals surface area (Å²) in [5, 5.41) is -0.270. The summed E-state index contributed by atoms with van der Waals surface area (Å²) in [6.45, 7) is 0. The number of halogens is 7. The number of hydrogen-bond donors (Lipinski definition) is 0. The van der Waals surface area contributed by atoms with Gasteiger partial charge in [0, 0.05) is 6.07 Å². The van der Waals surface area contributed by atoms with E-state index in [0.29, 0.717) is 4.90 Å². The maximum atomic E-state index is 14.3. The van der Waals surface area contributed by atoms with Crippen molar-refractivity contribution >= 4 is 40.7 Å². The fourth-order valence-electron chi connectivity index (χ4n) is 3.11. The quantitative estimate of drug-likeness (QED) is 0.298. The Bertz CT molecular complexity index is 1230. The predicted octanol–water partition coefficient (Wildman–Crippen LogP) is 6.88. The molecule has 32 heavy (non-hydrogen) atoms. The molecule has 0 unspecified atom stereocenters. The first-order chi connectivity index (χ1) is 15.0. The standard InChI is InChI=1S/C21H8Cl2F5NO3/c22-12-7-16(29-19(30)10-3-1-2-4-11(10)20(29)31)17(8-13(12)23)32-18-14(24)5-9(6-15(18)25)21(26,27)28/h1-8H. The van der Waals surface area contributed by atoms with Crippen molar-refractivity contribution in [2.75, 3.05) is 4.90 Å². The molecule has 4 rings (SSSR count). The molecule has 0 atom stereocenters. The van der Waals surface area contributed by atoms with Gasteiger partial charge in [0.25, 0.3) is 11.8 Å². The lowest BCUT2D eigenvalue weighted by Crippen LogP contribution is -2.29. The van der Waals surface area contributed by atoms with E-state index in [1.54, 1.807) is 0 Å². The maximum absolute atomic E-state index is 14.3. The average Bonchev–Trinajstić information content (AvgIpc) is 2.97. The molecule has 0 N–H and O–H groups in total. The normalized spacial score (nSPS) is 13.5. The molecule has 0 aromatic heterocycles. The van der Waals surface area contributed by atoms with Crippen molar-refractivity contribution in [2.24, 2.45) is 0 Å². The van der Waals surface area contributed by atoms with Gasteiger partial charge in [0.1, 0.15) is 0 Å². The van der Waals surface area contributed by atoms with Gasteiger partial charge in [-0.15, -0.1) is 0 Å². The molecule has 2 amide bonds. The number of fused-ring (bicyclic) bond motifs is 1. The van der Waals surface area contributed by atoms with Crippen molar-refractivity contribution in [3.8, 4) is 11.5 Å². The molecular weight excluding hydrogens is 480 g/mol. The summed E-state index contributed by atoms with van der Waals surface area (Å²) in [6.07, 6.45) is -4.99. The van der Waals surface area contributed by atoms with Crippen LogP contribution in [0.5, 0.6) is 11.5 Å². The zero-order chi connectivity index (χ0) is 23.4. The highest BCUT2D eigenvalue weighted by molar-refractivity contribution is 6.43. The third kappa shape index (κ3) is 3.67. The van der Waals surface area contributed by atoms with Crippen LogP contribution in [0.4, 0.5) is 27.6 Å². The second kappa shape index (κ2) is 7.75. The number of alkyl halides is 3. The minimum Gasteiger partial charge on any atom is -0.449 e. The van der Waals surface area contributed by atoms with Crippen LogP contribution < -0.4 is 9.64 Å². The van der Waals surface area contributed by atoms with Crippen LogP contribution in [0.3, 0.4) is 0 Å². The molecule has 0 spiro atoms. The fraction of sp³-hybridized carbons (Fsp3) is 0.0476. The van der Waals surface area contributed by atoms with Gasteiger partial charge in [-0.1, -0.05) is 35.3 Å². The summed E-state index contributed by atoms with van der Waals surface area (Å²) in [5.74, 6) is -6.50. The Kier molecular flexibility index (Phi) is 5.34. The molecule has 1 aliphatic rings. The van der Waals surface area contributed by atoms with E-state index in [-0.39, 0.29) is 39.0 Å². The van der Waals surface area contributed by atoms with Gasteiger partial charge < -0.3 is 4.74 Å². The van der Waals surface area contributed by atoms with Crippen LogP contribution in [0.25, 0.3) is 0 Å². The SMILES string of the molecule is O=C1c2ccccc2C(=O)N1c1cc(Cl)c(Cl)cc1Oc1c(F)cc(C(F)(F)F)cc1F. The van der Waals surface area contributed by atoms with Crippen LogP contribution in [-0.4, -0.2) is 11.8 Å². The molecule has 4 nitrogen and oxygen atoms in total. The number of hydrogen-bond acceptors (Lipinski definition) is 3. The summed E-state index contributed by atoms with van der Waals surface area (Å²) in [7, 11) is 0. The maximum Gasteiger partial charge on any atom is 0.416 e. The number of imide groups is 1. The third-order valence-corrected chi connectivity index (χ3v) is 5.30. The molecule has 3 aromatic rings. The molecule has 0 bridgehead atoms. The van der Waals surface area contributed by atoms with Gasteiger partial charge in [0.05, 0.1) is 32.4 Å². The minimum atomic E-state index is -4.99. The number of nitrogens with zero attached hydrogens (tertiary/aromatic N) is 1. The molecule has 11 heteroatoms. The van der Waals surface area contributed by atoms with Gasteiger partial charge in [-0.2, -0.15) is 13.2 Å². The fourth-order valence-corrected chi connectivity index (χ4v) is 3.43. The Labute approximate surface area is 186 Å². The highest BCUT2D eigenvalue weighted by atomic mass is 35.5. The van der Waals surface area contributed by atoms with Crippen molar-refractivity contribution in [2.45, 2.75) is 6.18 Å². The number of amides is 2. The number of rotatable bonds is 3. The van der Waals surface area contributed by atoms with E-state index in [1.165, 1.54) is 24.3 Å². The first-order valence-electron chi connectivity index (χ1n) is 8.70. The van der Waals surface area contributed by atoms with Gasteiger partial charge in [-0.3, -0.25) is 9.59 Å². The van der Waals surface area contributed by atoms with Gasteiger partial charge >= 0.3 is 6.18 Å². The van der Waals surface area contributed by atoms with Crippen LogP contribution in [-0.2, 0) is 6.18 Å². The monoisotopic (exact) mass is 487 g/mol. The number of carbonyl (C=O) groups excluding carboxylic acids is 2. The molecule has 1 aliphatic heterocycles. The third-order valence-electron chi connectivity index (χ3n) is 4.57. The number of carbonyl (C=O) groups is 2. The molecule has 0 aliphatic carbocycles. The highest BCUT2D eigenvalue weighted by Crippen LogP contribution is 2.43. The van der Waals surface area contributed by atoms with Gasteiger partial charge in [0.15, 0.2) is 23.1 Å². The zero-order valence-electron chi connectivity index (χ0n) is 15.4. The van der Waals surface area contributed by atoms with Crippen molar-refractivity contribution in [1.29, 1.82) is 0 Å². The lowest BCUT2D eigenvalue weighted by Gasteiger charge is -2.20. The topological polar surface area (TPSA) is 46.6 Å². The molecule has 0 fully saturated rings. The lowest BCUT2D eigenvalue weighted by atomic mass is 10.1. The van der Waals surface area contributed by atoms with E-state index in [1.807, 2.05) is 0 Å². The van der Waals surface area contributed by atoms with Crippen molar-refractivity contribution in [1.82, 2.24) is 0 Å². The van der Waals surface area contributed by atoms with E-state index < -0.39 is 46.7 Å². The first kappa shape index (κ1) is 22.0. The summed E-state index contributed by atoms with van der Waals surface area (Å²) < 4.78 is 72.2. The van der Waals surface area contributed by atoms with Crippen LogP contribution >= 0.6 is 23.2 Å². The van der Waals surface area contributed by atoms with E-state index >= 15 is 0 Å². The number of anilines is 1. The summed E-state index contributed by atoms with van der Waals surface area (Å²) in [4.78, 5) is 26.3. The molecule has 0 saturated heterocycles. The largest absolute Gasteiger partial charge is 0.449 e. The van der Waals surface area contributed by atoms with Crippen LogP contribution in [0, 0.1) is 11.6 Å². The van der Waals surface area contributed by atoms with E-state index in [9.17, 15) is 31.5 Å². The van der Waals surface area contributed by atoms with Crippen molar-refractivity contribution in [3.63, 3.8) is 0 Å². The van der Waals surface area contributed by atoms with E-state index in [2.05, 4.69) is 0 Å². The molecular formula is C21H8Cl2F5NO3. The van der Waals surface area contributed by atoms with Gasteiger partial charge in [-0.25, -0.2) is 13.7 Å². The number of benzene rings is 3. The second-order valence-corrected chi connectivity index (χ2v) is 7.41. The summed E-state index contributed by atoms with van der Waals surface area (Å²) in [5.41, 5.74) is -1.72.